The van der Waals surface area contributed by atoms with E-state index in [1.165, 1.54) is 19.3 Å². The van der Waals surface area contributed by atoms with Crippen molar-refractivity contribution in [2.45, 2.75) is 141 Å². The summed E-state index contributed by atoms with van der Waals surface area (Å²) in [4.78, 5) is 45.8. The van der Waals surface area contributed by atoms with Gasteiger partial charge in [0.05, 0.1) is 19.3 Å². The molecule has 0 radical (unpaired) electrons. The van der Waals surface area contributed by atoms with Crippen LogP contribution in [0.25, 0.3) is 0 Å². The number of hydrogen-bond acceptors (Lipinski definition) is 10. The first-order valence-electron chi connectivity index (χ1n) is 20.4. The summed E-state index contributed by atoms with van der Waals surface area (Å²) in [6.45, 7) is 2.44. The molecule has 0 saturated heterocycles. The number of phosphoric ester groups is 1. The third kappa shape index (κ3) is 37.7. The van der Waals surface area contributed by atoms with Crippen LogP contribution in [-0.2, 0) is 37.5 Å². The Kier molecular flexibility index (Phi) is 35.5. The maximum atomic E-state index is 12.6. The molecule has 0 bridgehead atoms. The highest BCUT2D eigenvalue weighted by atomic mass is 31.2. The lowest BCUT2D eigenvalue weighted by Gasteiger charge is -2.20. The molecule has 0 heterocycles. The molecule has 0 spiro atoms. The Labute approximate surface area is 341 Å². The lowest BCUT2D eigenvalue weighted by molar-refractivity contribution is -0.161. The third-order valence-corrected chi connectivity index (χ3v) is 8.85. The molecule has 12 nitrogen and oxygen atoms in total. The Balaban J connectivity index is 4.65. The Morgan fingerprint density at radius 2 is 1.19 bits per heavy atom. The molecule has 0 aliphatic carbocycles. The molecule has 57 heavy (non-hydrogen) atoms. The quantitative estimate of drug-likeness (QED) is 0.0154. The highest BCUT2D eigenvalue weighted by Crippen LogP contribution is 2.43. The van der Waals surface area contributed by atoms with E-state index in [9.17, 15) is 28.9 Å². The van der Waals surface area contributed by atoms with Crippen molar-refractivity contribution in [1.82, 2.24) is 0 Å². The first-order valence-corrected chi connectivity index (χ1v) is 21.9. The summed E-state index contributed by atoms with van der Waals surface area (Å²) in [5.41, 5.74) is 5.31. The van der Waals surface area contributed by atoms with E-state index in [0.29, 0.717) is 32.1 Å². The number of rotatable bonds is 36. The molecule has 0 aliphatic rings. The van der Waals surface area contributed by atoms with Gasteiger partial charge in [0, 0.05) is 12.8 Å². The number of hydrogen-bond donors (Lipinski definition) is 4. The summed E-state index contributed by atoms with van der Waals surface area (Å²) in [6, 6.07) is -1.55. The van der Waals surface area contributed by atoms with E-state index in [2.05, 4.69) is 73.1 Å². The predicted molar refractivity (Wildman–Crippen MR) is 227 cm³/mol. The van der Waals surface area contributed by atoms with Gasteiger partial charge < -0.3 is 30.3 Å². The second-order valence-electron chi connectivity index (χ2n) is 13.2. The number of carboxylic acid groups (broad SMARTS) is 1. The molecule has 322 valence electrons. The number of ether oxygens (including phenoxy) is 2. The van der Waals surface area contributed by atoms with Crippen LogP contribution >= 0.6 is 7.82 Å². The lowest BCUT2D eigenvalue weighted by Crippen LogP contribution is -2.34. The molecule has 0 aromatic rings. The fourth-order valence-corrected chi connectivity index (χ4v) is 5.44. The van der Waals surface area contributed by atoms with E-state index in [1.807, 2.05) is 36.5 Å². The number of nitrogens with two attached hydrogens (primary N) is 1. The molecule has 0 fully saturated rings. The summed E-state index contributed by atoms with van der Waals surface area (Å²) < 4.78 is 32.5. The predicted octanol–water partition coefficient (Wildman–Crippen LogP) is 9.47. The number of aliphatic hydroxyl groups excluding tert-OH is 1. The smallest absolute Gasteiger partial charge is 0.472 e. The Morgan fingerprint density at radius 1 is 0.649 bits per heavy atom. The zero-order chi connectivity index (χ0) is 42.2. The Morgan fingerprint density at radius 3 is 1.82 bits per heavy atom. The Hall–Kier alpha value is -3.64. The van der Waals surface area contributed by atoms with Gasteiger partial charge in [-0.1, -0.05) is 124 Å². The fourth-order valence-electron chi connectivity index (χ4n) is 4.66. The van der Waals surface area contributed by atoms with Crippen LogP contribution in [0.5, 0.6) is 0 Å². The van der Waals surface area contributed by atoms with Gasteiger partial charge in [0.15, 0.2) is 6.10 Å². The maximum Gasteiger partial charge on any atom is 0.472 e. The number of carboxylic acids is 1. The van der Waals surface area contributed by atoms with Crippen molar-refractivity contribution >= 4 is 25.7 Å². The minimum atomic E-state index is -4.76. The minimum absolute atomic E-state index is 0.0787. The van der Waals surface area contributed by atoms with Gasteiger partial charge in [-0.15, -0.1) is 0 Å². The third-order valence-electron chi connectivity index (χ3n) is 7.90. The summed E-state index contributed by atoms with van der Waals surface area (Å²) in [5, 5.41) is 18.9. The van der Waals surface area contributed by atoms with Crippen molar-refractivity contribution in [2.75, 3.05) is 19.8 Å². The SMILES string of the molecule is CC/C=C\C/C=C\C/C=C\C/C=C\CCCCC(=O)O[C@H](COC(=O)CCC/C=C\C/C=C\C=C\[C@H](O)C/C=C\CCCCC)COP(=O)(O)OC[C@H](N)C(=O)O. The highest BCUT2D eigenvalue weighted by molar-refractivity contribution is 7.47. The van der Waals surface area contributed by atoms with E-state index in [0.717, 1.165) is 44.9 Å². The van der Waals surface area contributed by atoms with Crippen molar-refractivity contribution in [3.05, 3.63) is 97.2 Å². The van der Waals surface area contributed by atoms with Gasteiger partial charge in [0.1, 0.15) is 12.6 Å². The average molecular weight is 820 g/mol. The zero-order valence-corrected chi connectivity index (χ0v) is 35.1. The molecular formula is C44H70NO11P. The van der Waals surface area contributed by atoms with E-state index in [1.54, 1.807) is 6.08 Å². The molecule has 0 saturated carbocycles. The monoisotopic (exact) mass is 819 g/mol. The molecule has 4 atom stereocenters. The summed E-state index contributed by atoms with van der Waals surface area (Å²) in [7, 11) is -4.76. The molecule has 0 amide bonds. The second kappa shape index (κ2) is 37.9. The van der Waals surface area contributed by atoms with Crippen molar-refractivity contribution in [3.63, 3.8) is 0 Å². The van der Waals surface area contributed by atoms with Crippen LogP contribution in [0.3, 0.4) is 0 Å². The van der Waals surface area contributed by atoms with Gasteiger partial charge in [0.2, 0.25) is 0 Å². The van der Waals surface area contributed by atoms with Crippen LogP contribution in [0, 0.1) is 0 Å². The summed E-state index contributed by atoms with van der Waals surface area (Å²) in [6.07, 6.45) is 43.7. The van der Waals surface area contributed by atoms with Gasteiger partial charge in [0.25, 0.3) is 0 Å². The number of unbranched alkanes of at least 4 members (excludes halogenated alkanes) is 6. The number of aliphatic carboxylic acids is 1. The number of esters is 2. The highest BCUT2D eigenvalue weighted by Gasteiger charge is 2.28. The minimum Gasteiger partial charge on any atom is -0.480 e. The lowest BCUT2D eigenvalue weighted by atomic mass is 10.1. The number of phosphoric acid groups is 1. The molecule has 5 N–H and O–H groups in total. The topological polar surface area (TPSA) is 192 Å². The summed E-state index contributed by atoms with van der Waals surface area (Å²) >= 11 is 0. The van der Waals surface area contributed by atoms with Crippen molar-refractivity contribution in [1.29, 1.82) is 0 Å². The van der Waals surface area contributed by atoms with Gasteiger partial charge in [-0.3, -0.25) is 23.4 Å². The van der Waals surface area contributed by atoms with Crippen molar-refractivity contribution in [3.8, 4) is 0 Å². The molecule has 0 aromatic heterocycles. The van der Waals surface area contributed by atoms with E-state index < -0.39 is 63.8 Å². The van der Waals surface area contributed by atoms with Crippen molar-refractivity contribution < 1.29 is 52.6 Å². The van der Waals surface area contributed by atoms with Crippen LogP contribution in [0.1, 0.15) is 123 Å². The first-order chi connectivity index (χ1) is 27.5. The van der Waals surface area contributed by atoms with Crippen LogP contribution in [-0.4, -0.2) is 71.1 Å². The van der Waals surface area contributed by atoms with Crippen LogP contribution in [0.2, 0.25) is 0 Å². The number of carbonyl (C=O) groups excluding carboxylic acids is 2. The zero-order valence-electron chi connectivity index (χ0n) is 34.2. The second-order valence-corrected chi connectivity index (χ2v) is 14.7. The van der Waals surface area contributed by atoms with E-state index >= 15 is 0 Å². The van der Waals surface area contributed by atoms with Gasteiger partial charge in [-0.2, -0.15) is 0 Å². The molecular weight excluding hydrogens is 749 g/mol. The van der Waals surface area contributed by atoms with Gasteiger partial charge in [-0.05, 0) is 83.5 Å². The first kappa shape index (κ1) is 53.4. The standard InChI is InChI=1S/C44H70NO11P/c1-3-5-7-9-11-12-13-14-15-16-17-18-23-27-31-35-43(48)56-40(37-54-57(51,52)55-38-41(45)44(49)50)36-53-42(47)34-30-26-22-20-19-21-25-29-33-39(46)32-28-24-10-8-6-4-2/h5,7,11-12,14-15,17-18,20-22,24-25,28-29,33,39-41,46H,3-4,6,8-10,13,16,19,23,26-27,30-32,34-38,45H2,1-2H3,(H,49,50)(H,51,52)/b7-5-,12-11-,15-14-,18-17-,22-20-,25-21-,28-24-,33-29+/t39-,40-,41+/m1/s1. The number of allylic oxidation sites excluding steroid dienone is 14. The van der Waals surface area contributed by atoms with Crippen LogP contribution in [0.4, 0.5) is 0 Å². The molecule has 13 heteroatoms. The van der Waals surface area contributed by atoms with Crippen LogP contribution in [0.15, 0.2) is 97.2 Å². The van der Waals surface area contributed by atoms with Gasteiger partial charge >= 0.3 is 25.7 Å². The maximum absolute atomic E-state index is 12.6. The van der Waals surface area contributed by atoms with E-state index in [4.69, 9.17) is 24.8 Å². The van der Waals surface area contributed by atoms with Crippen molar-refractivity contribution in [2.24, 2.45) is 5.73 Å². The normalized spacial score (nSPS) is 15.3. The Bertz CT molecular complexity index is 1350. The van der Waals surface area contributed by atoms with E-state index in [-0.39, 0.29) is 12.8 Å². The molecule has 0 aliphatic heterocycles. The summed E-state index contributed by atoms with van der Waals surface area (Å²) in [5.74, 6) is -2.57. The largest absolute Gasteiger partial charge is 0.480 e. The van der Waals surface area contributed by atoms with Crippen LogP contribution < -0.4 is 5.73 Å². The molecule has 0 rings (SSSR count). The average Bonchev–Trinajstić information content (AvgIpc) is 3.18. The molecule has 1 unspecified atom stereocenters. The number of carbonyl (C=O) groups is 3. The molecule has 0 aromatic carbocycles. The fraction of sp³-hybridized carbons (Fsp3) is 0.568. The van der Waals surface area contributed by atoms with Gasteiger partial charge in [-0.25, -0.2) is 4.57 Å². The number of aliphatic hydroxyl groups is 1.